The summed E-state index contributed by atoms with van der Waals surface area (Å²) in [7, 11) is -1.27. The van der Waals surface area contributed by atoms with Crippen LogP contribution < -0.4 is 33.8 Å². The summed E-state index contributed by atoms with van der Waals surface area (Å²) in [6.07, 6.45) is -2.01. The van der Waals surface area contributed by atoms with Gasteiger partial charge in [-0.1, -0.05) is 29.7 Å². The Morgan fingerprint density at radius 2 is 1.00 bits per heavy atom. The normalized spacial score (nSPS) is 11.1. The number of phosphoric ester groups is 1. The molecule has 0 saturated heterocycles. The Balaban J connectivity index is -0.0000000587. The van der Waals surface area contributed by atoms with Crippen LogP contribution in [0.2, 0.25) is 0 Å². The van der Waals surface area contributed by atoms with Crippen LogP contribution in [-0.2, 0) is 22.7 Å². The van der Waals surface area contributed by atoms with Crippen LogP contribution in [-0.4, -0.2) is 107 Å². The number of quaternary nitrogens is 2. The molecule has 20 N–H and O–H groups in total. The number of halogens is 5. The number of phosphoric acid groups is 1. The van der Waals surface area contributed by atoms with Gasteiger partial charge in [-0.05, 0) is 82.9 Å². The van der Waals surface area contributed by atoms with Crippen molar-refractivity contribution in [1.29, 1.82) is 10.8 Å². The van der Waals surface area contributed by atoms with Crippen LogP contribution in [0, 0.1) is 22.7 Å². The van der Waals surface area contributed by atoms with Gasteiger partial charge >= 0.3 is 30.8 Å². The van der Waals surface area contributed by atoms with Gasteiger partial charge in [-0.2, -0.15) is 0 Å². The first-order valence-corrected chi connectivity index (χ1v) is 21.6. The summed E-state index contributed by atoms with van der Waals surface area (Å²) < 4.78 is 38.9. The number of nitrogens with one attached hydrogen (secondary N) is 2. The van der Waals surface area contributed by atoms with E-state index in [-0.39, 0.29) is 86.4 Å². The highest BCUT2D eigenvalue weighted by atomic mass is 36.0. The van der Waals surface area contributed by atoms with E-state index in [9.17, 15) is 13.7 Å². The molecule has 49 heavy (non-hydrogen) atoms. The molecule has 0 amide bonds. The van der Waals surface area contributed by atoms with Crippen LogP contribution in [0.1, 0.15) is 56.4 Å². The van der Waals surface area contributed by atoms with Crippen molar-refractivity contribution < 1.29 is 65.0 Å². The minimum atomic E-state index is -4.39. The third-order valence-electron chi connectivity index (χ3n) is 4.57. The Morgan fingerprint density at radius 1 is 0.755 bits per heavy atom. The smallest absolute Gasteiger partial charge is 0.396 e. The molecule has 2 unspecified atom stereocenters. The van der Waals surface area contributed by atoms with Crippen molar-refractivity contribution in [3.63, 3.8) is 0 Å². The van der Waals surface area contributed by atoms with Crippen molar-refractivity contribution in [2.45, 2.75) is 56.4 Å². The number of likely N-dealkylation sites (N-methyl/N-ethyl adjacent to an activating group) is 2. The topological polar surface area (TPSA) is 363 Å². The molecule has 27 heteroatoms. The quantitative estimate of drug-likeness (QED) is 0.0643. The standard InChI is InChI=1S/2C5H12N2O.C4H10Cl2N3O2P.C4H12N3O4P.4CH4.Cl3OP/c2*1-4(2-3-8)5(6)7;1-9(4(7)8)2-3-11-12(5,6)10;1-7(4(5)6)2-3-11-12(8,9)10;;;;;1-5(2,3)4/h2*4,8H,2-3H2,1H3,(H3,6,7);2-3H2,1H3,(H3,7,8);2-3H2,1H3,(H3,5,6)(H2,8,9,10);4*1H4;/p+4. The zero-order valence-electron chi connectivity index (χ0n) is 25.5. The highest BCUT2D eigenvalue weighted by Crippen LogP contribution is 2.61. The molecule has 0 radical (unpaired) electrons. The minimum absolute atomic E-state index is 0. The van der Waals surface area contributed by atoms with Crippen molar-refractivity contribution in [3.05, 3.63) is 0 Å². The Labute approximate surface area is 316 Å². The van der Waals surface area contributed by atoms with Gasteiger partial charge in [0.05, 0.1) is 25.0 Å². The zero-order chi connectivity index (χ0) is 37.2. The second-order valence-corrected chi connectivity index (χ2v) is 20.7. The lowest BCUT2D eigenvalue weighted by Crippen LogP contribution is -2.72. The van der Waals surface area contributed by atoms with Gasteiger partial charge in [0.1, 0.15) is 0 Å². The number of rotatable bonds is 14. The second kappa shape index (κ2) is 38.9. The number of hydrogen-bond donors (Lipinski definition) is 12. The maximum atomic E-state index is 10.6. The van der Waals surface area contributed by atoms with E-state index in [1.165, 1.54) is 16.8 Å². The predicted octanol–water partition coefficient (Wildman–Crippen LogP) is 0.499. The molecule has 0 fully saturated rings. The highest BCUT2D eigenvalue weighted by Gasteiger charge is 2.15. The molecule has 0 aromatic heterocycles. The van der Waals surface area contributed by atoms with E-state index in [1.54, 1.807) is 7.05 Å². The van der Waals surface area contributed by atoms with Crippen molar-refractivity contribution in [2.24, 2.45) is 23.3 Å². The molecule has 0 spiro atoms. The van der Waals surface area contributed by atoms with Crippen molar-refractivity contribution in [3.8, 4) is 0 Å². The van der Waals surface area contributed by atoms with Crippen LogP contribution in [0.15, 0.2) is 0 Å². The first kappa shape index (κ1) is 70.3. The monoisotopic (exact) mass is 882 g/mol. The summed E-state index contributed by atoms with van der Waals surface area (Å²) in [6, 6.07) is 0. The number of guanidine groups is 2. The summed E-state index contributed by atoms with van der Waals surface area (Å²) >= 11 is 24.0. The van der Waals surface area contributed by atoms with E-state index >= 15 is 0 Å². The molecule has 0 aliphatic rings. The Hall–Kier alpha value is -0.300. The van der Waals surface area contributed by atoms with Crippen LogP contribution in [0.3, 0.4) is 0 Å². The molecule has 0 aliphatic carbocycles. The molecule has 0 aliphatic heterocycles. The van der Waals surface area contributed by atoms with Crippen molar-refractivity contribution in [1.82, 2.24) is 9.80 Å². The first-order valence-electron chi connectivity index (χ1n) is 12.3. The summed E-state index contributed by atoms with van der Waals surface area (Å²) in [6.45, 7) is 4.66. The maximum absolute atomic E-state index is 10.6. The SMILES string of the molecule is C.C.C.C.CC(CCO)C(=[NH2+])[NH3+].CC(CCO)C(=[NH2+])[NH3+].CN(CCOP(=O)(Cl)Cl)C(=N)N.CN(CCOP(=O)(O)O)C(=N)N.O=P(Cl)(Cl)Cl. The fourth-order valence-electron chi connectivity index (χ4n) is 1.58. The average Bonchev–Trinajstić information content (AvgIpc) is 2.82. The molecule has 2 atom stereocenters. The van der Waals surface area contributed by atoms with Gasteiger partial charge < -0.3 is 45.8 Å². The molecule has 0 aromatic rings. The largest absolute Gasteiger partial charge is 0.469 e. The van der Waals surface area contributed by atoms with E-state index in [0.717, 1.165) is 12.8 Å². The van der Waals surface area contributed by atoms with Crippen LogP contribution in [0.4, 0.5) is 0 Å². The third-order valence-corrected chi connectivity index (χ3v) is 6.15. The van der Waals surface area contributed by atoms with Gasteiger partial charge in [0, 0.05) is 40.4 Å². The van der Waals surface area contributed by atoms with Crippen LogP contribution in [0.25, 0.3) is 0 Å². The lowest BCUT2D eigenvalue weighted by molar-refractivity contribution is -0.312. The van der Waals surface area contributed by atoms with Crippen LogP contribution in [0.5, 0.6) is 0 Å². The molecular formula is C22H66Cl5N10O9P3+4. The lowest BCUT2D eigenvalue weighted by Gasteiger charge is -2.16. The Bertz CT molecular complexity index is 922. The second-order valence-electron chi connectivity index (χ2n) is 8.56. The molecule has 0 aromatic carbocycles. The molecule has 0 heterocycles. The van der Waals surface area contributed by atoms with E-state index in [0.29, 0.717) is 18.2 Å². The number of nitrogens with zero attached hydrogens (tertiary/aromatic N) is 2. The maximum Gasteiger partial charge on any atom is 0.469 e. The molecule has 0 rings (SSSR count). The molecule has 0 saturated carbocycles. The summed E-state index contributed by atoms with van der Waals surface area (Å²) in [5.74, 6) is 1.53. The first-order chi connectivity index (χ1) is 20.0. The van der Waals surface area contributed by atoms with Gasteiger partial charge in [-0.3, -0.25) is 35.9 Å². The average molecular weight is 885 g/mol. The lowest BCUT2D eigenvalue weighted by atomic mass is 10.1. The van der Waals surface area contributed by atoms with Gasteiger partial charge in [0.2, 0.25) is 0 Å². The minimum Gasteiger partial charge on any atom is -0.396 e. The predicted molar refractivity (Wildman–Crippen MR) is 206 cm³/mol. The molecule has 19 nitrogen and oxygen atoms in total. The number of aliphatic hydroxyl groups is 2. The fraction of sp³-hybridized carbons (Fsp3) is 0.818. The molecule has 304 valence electrons. The number of nitrogens with two attached hydrogens (primary N) is 4. The Kier molecular flexibility index (Phi) is 55.8. The van der Waals surface area contributed by atoms with Gasteiger partial charge in [0.25, 0.3) is 0 Å². The molecular weight excluding hydrogens is 818 g/mol. The van der Waals surface area contributed by atoms with E-state index < -0.39 is 19.1 Å². The van der Waals surface area contributed by atoms with Gasteiger partial charge in [-0.25, -0.2) is 15.4 Å². The van der Waals surface area contributed by atoms with Gasteiger partial charge in [0.15, 0.2) is 11.9 Å². The number of aliphatic hydroxyl groups excluding tert-OH is 2. The Morgan fingerprint density at radius 3 is 1.14 bits per heavy atom. The van der Waals surface area contributed by atoms with Crippen LogP contribution >= 0.6 is 75.3 Å². The molecule has 0 bridgehead atoms. The van der Waals surface area contributed by atoms with Crippen molar-refractivity contribution >= 4 is 98.9 Å². The fourth-order valence-corrected chi connectivity index (χ4v) is 2.61. The zero-order valence-corrected chi connectivity index (χ0v) is 32.0. The number of hydrogen-bond acceptors (Lipinski definition) is 9. The third kappa shape index (κ3) is 78.2. The van der Waals surface area contributed by atoms with E-state index in [4.69, 9.17) is 75.6 Å². The highest BCUT2D eigenvalue weighted by molar-refractivity contribution is 8.24. The summed E-state index contributed by atoms with van der Waals surface area (Å²) in [5, 5.41) is 38.0. The van der Waals surface area contributed by atoms with Gasteiger partial charge in [-0.15, -0.1) is 0 Å². The van der Waals surface area contributed by atoms with E-state index in [1.807, 2.05) is 13.8 Å². The summed E-state index contributed by atoms with van der Waals surface area (Å²) in [5.41, 5.74) is 17.2. The number of amidine groups is 2. The summed E-state index contributed by atoms with van der Waals surface area (Å²) in [4.78, 5) is 19.2. The van der Waals surface area contributed by atoms with E-state index in [2.05, 4.69) is 54.2 Å². The van der Waals surface area contributed by atoms with Crippen molar-refractivity contribution in [2.75, 3.05) is 53.6 Å².